The maximum atomic E-state index is 12.5. The highest BCUT2D eigenvalue weighted by molar-refractivity contribution is 6.07. The minimum atomic E-state index is -0.271. The molecule has 0 saturated carbocycles. The molecule has 5 heteroatoms. The Morgan fingerprint density at radius 2 is 1.57 bits per heavy atom. The highest BCUT2D eigenvalue weighted by Gasteiger charge is 2.20. The van der Waals surface area contributed by atoms with Gasteiger partial charge in [-0.05, 0) is 36.2 Å². The van der Waals surface area contributed by atoms with Crippen molar-refractivity contribution < 1.29 is 19.0 Å². The van der Waals surface area contributed by atoms with Crippen LogP contribution in [0.5, 0.6) is 17.2 Å². The van der Waals surface area contributed by atoms with Gasteiger partial charge in [-0.2, -0.15) is 0 Å². The highest BCUT2D eigenvalue weighted by atomic mass is 16.5. The molecule has 0 aliphatic rings. The number of rotatable bonds is 6. The summed E-state index contributed by atoms with van der Waals surface area (Å²) in [7, 11) is 4.53. The third-order valence-corrected chi connectivity index (χ3v) is 3.57. The Balaban J connectivity index is 2.31. The van der Waals surface area contributed by atoms with Gasteiger partial charge in [0, 0.05) is 5.69 Å². The predicted molar refractivity (Wildman–Crippen MR) is 89.9 cm³/mol. The van der Waals surface area contributed by atoms with Gasteiger partial charge in [-0.3, -0.25) is 4.79 Å². The minimum absolute atomic E-state index is 0.271. The van der Waals surface area contributed by atoms with Crippen LogP contribution in [0.25, 0.3) is 0 Å². The fraction of sp³-hybridized carbons (Fsp3) is 0.278. The van der Waals surface area contributed by atoms with E-state index in [0.29, 0.717) is 22.8 Å². The van der Waals surface area contributed by atoms with Crippen LogP contribution in [-0.2, 0) is 6.42 Å². The molecule has 0 heterocycles. The molecule has 0 aliphatic carbocycles. The molecule has 0 aromatic heterocycles. The van der Waals surface area contributed by atoms with Crippen LogP contribution < -0.4 is 19.5 Å². The van der Waals surface area contributed by atoms with Crippen molar-refractivity contribution in [3.63, 3.8) is 0 Å². The lowest BCUT2D eigenvalue weighted by Crippen LogP contribution is -2.14. The molecule has 2 aromatic carbocycles. The van der Waals surface area contributed by atoms with Crippen molar-refractivity contribution in [1.82, 2.24) is 0 Å². The Morgan fingerprint density at radius 3 is 2.09 bits per heavy atom. The third kappa shape index (κ3) is 3.56. The zero-order valence-corrected chi connectivity index (χ0v) is 13.8. The van der Waals surface area contributed by atoms with Crippen LogP contribution in [0.3, 0.4) is 0 Å². The molecule has 0 bridgehead atoms. The number of hydrogen-bond acceptors (Lipinski definition) is 4. The predicted octanol–water partition coefficient (Wildman–Crippen LogP) is 3.53. The van der Waals surface area contributed by atoms with E-state index in [-0.39, 0.29) is 5.91 Å². The Labute approximate surface area is 136 Å². The Kier molecular flexibility index (Phi) is 5.46. The maximum Gasteiger partial charge on any atom is 0.259 e. The molecule has 1 amide bonds. The lowest BCUT2D eigenvalue weighted by molar-refractivity contribution is 0.102. The van der Waals surface area contributed by atoms with Gasteiger partial charge < -0.3 is 19.5 Å². The number of aryl methyl sites for hydroxylation is 1. The Bertz CT molecular complexity index is 680. The van der Waals surface area contributed by atoms with Gasteiger partial charge in [0.15, 0.2) is 11.5 Å². The van der Waals surface area contributed by atoms with Crippen LogP contribution in [0, 0.1) is 0 Å². The van der Waals surface area contributed by atoms with Gasteiger partial charge in [0.1, 0.15) is 0 Å². The lowest BCUT2D eigenvalue weighted by atomic mass is 10.1. The first-order valence-corrected chi connectivity index (χ1v) is 7.33. The SMILES string of the molecule is CCc1ccc(NC(=O)c2ccc(OC)c(OC)c2OC)cc1. The lowest BCUT2D eigenvalue weighted by Gasteiger charge is -2.15. The number of benzene rings is 2. The average molecular weight is 315 g/mol. The van der Waals surface area contributed by atoms with Gasteiger partial charge in [-0.25, -0.2) is 0 Å². The molecule has 0 spiro atoms. The fourth-order valence-electron chi connectivity index (χ4n) is 2.30. The maximum absolute atomic E-state index is 12.5. The van der Waals surface area contributed by atoms with Crippen molar-refractivity contribution in [3.8, 4) is 17.2 Å². The summed E-state index contributed by atoms with van der Waals surface area (Å²) in [6.07, 6.45) is 0.956. The van der Waals surface area contributed by atoms with E-state index in [0.717, 1.165) is 12.1 Å². The third-order valence-electron chi connectivity index (χ3n) is 3.57. The van der Waals surface area contributed by atoms with Crippen LogP contribution in [-0.4, -0.2) is 27.2 Å². The molecule has 0 atom stereocenters. The van der Waals surface area contributed by atoms with Crippen LogP contribution in [0.15, 0.2) is 36.4 Å². The van der Waals surface area contributed by atoms with E-state index in [4.69, 9.17) is 14.2 Å². The van der Waals surface area contributed by atoms with Crippen molar-refractivity contribution in [2.45, 2.75) is 13.3 Å². The number of nitrogens with one attached hydrogen (secondary N) is 1. The molecule has 0 saturated heterocycles. The molecular formula is C18H21NO4. The van der Waals surface area contributed by atoms with E-state index in [1.807, 2.05) is 24.3 Å². The molecule has 122 valence electrons. The number of anilines is 1. The van der Waals surface area contributed by atoms with E-state index < -0.39 is 0 Å². The van der Waals surface area contributed by atoms with Crippen LogP contribution in [0.2, 0.25) is 0 Å². The molecule has 0 fully saturated rings. The molecule has 2 aromatic rings. The van der Waals surface area contributed by atoms with Crippen molar-refractivity contribution >= 4 is 11.6 Å². The molecule has 1 N–H and O–H groups in total. The molecule has 23 heavy (non-hydrogen) atoms. The van der Waals surface area contributed by atoms with Gasteiger partial charge in [0.05, 0.1) is 26.9 Å². The van der Waals surface area contributed by atoms with Crippen molar-refractivity contribution in [1.29, 1.82) is 0 Å². The summed E-state index contributed by atoms with van der Waals surface area (Å²) < 4.78 is 15.9. The van der Waals surface area contributed by atoms with Crippen LogP contribution >= 0.6 is 0 Å². The van der Waals surface area contributed by atoms with Crippen LogP contribution in [0.4, 0.5) is 5.69 Å². The zero-order valence-electron chi connectivity index (χ0n) is 13.8. The molecule has 0 aliphatic heterocycles. The van der Waals surface area contributed by atoms with Crippen molar-refractivity contribution in [2.75, 3.05) is 26.6 Å². The summed E-state index contributed by atoms with van der Waals surface area (Å²) in [4.78, 5) is 12.5. The van der Waals surface area contributed by atoms with E-state index in [1.165, 1.54) is 26.9 Å². The molecular weight excluding hydrogens is 294 g/mol. The summed E-state index contributed by atoms with van der Waals surface area (Å²) in [6.45, 7) is 2.09. The smallest absolute Gasteiger partial charge is 0.259 e. The second-order valence-electron chi connectivity index (χ2n) is 4.89. The number of ether oxygens (including phenoxy) is 3. The van der Waals surface area contributed by atoms with Gasteiger partial charge in [-0.1, -0.05) is 19.1 Å². The van der Waals surface area contributed by atoms with Gasteiger partial charge in [0.2, 0.25) is 5.75 Å². The largest absolute Gasteiger partial charge is 0.493 e. The number of methoxy groups -OCH3 is 3. The number of carbonyl (C=O) groups is 1. The summed E-state index contributed by atoms with van der Waals surface area (Å²) in [6, 6.07) is 11.1. The van der Waals surface area contributed by atoms with Crippen molar-refractivity contribution in [2.24, 2.45) is 0 Å². The summed E-state index contributed by atoms with van der Waals surface area (Å²) in [5, 5.41) is 2.86. The first-order chi connectivity index (χ1) is 11.1. The van der Waals surface area contributed by atoms with Gasteiger partial charge >= 0.3 is 0 Å². The van der Waals surface area contributed by atoms with Gasteiger partial charge in [-0.15, -0.1) is 0 Å². The normalized spacial score (nSPS) is 10.1. The van der Waals surface area contributed by atoms with Crippen LogP contribution in [0.1, 0.15) is 22.8 Å². The first kappa shape index (κ1) is 16.7. The van der Waals surface area contributed by atoms with E-state index in [2.05, 4.69) is 12.2 Å². The Morgan fingerprint density at radius 1 is 0.913 bits per heavy atom. The summed E-state index contributed by atoms with van der Waals surface area (Å²) in [5.41, 5.74) is 2.32. The average Bonchev–Trinajstić information content (AvgIpc) is 2.60. The summed E-state index contributed by atoms with van der Waals surface area (Å²) >= 11 is 0. The topological polar surface area (TPSA) is 56.8 Å². The standard InChI is InChI=1S/C18H21NO4/c1-5-12-6-8-13(9-7-12)19-18(20)14-10-11-15(21-2)17(23-4)16(14)22-3/h6-11H,5H2,1-4H3,(H,19,20). The van der Waals surface area contributed by atoms with E-state index in [1.54, 1.807) is 12.1 Å². The fourth-order valence-corrected chi connectivity index (χ4v) is 2.30. The monoisotopic (exact) mass is 315 g/mol. The number of hydrogen-bond donors (Lipinski definition) is 1. The summed E-state index contributed by atoms with van der Waals surface area (Å²) in [5.74, 6) is 0.971. The Hall–Kier alpha value is -2.69. The van der Waals surface area contributed by atoms with E-state index >= 15 is 0 Å². The first-order valence-electron chi connectivity index (χ1n) is 7.33. The number of carbonyl (C=O) groups excluding carboxylic acids is 1. The quantitative estimate of drug-likeness (QED) is 0.886. The highest BCUT2D eigenvalue weighted by Crippen LogP contribution is 2.39. The van der Waals surface area contributed by atoms with E-state index in [9.17, 15) is 4.79 Å². The molecule has 0 radical (unpaired) electrons. The second kappa shape index (κ2) is 7.54. The number of amides is 1. The molecule has 5 nitrogen and oxygen atoms in total. The minimum Gasteiger partial charge on any atom is -0.493 e. The van der Waals surface area contributed by atoms with Gasteiger partial charge in [0.25, 0.3) is 5.91 Å². The molecule has 0 unspecified atom stereocenters. The second-order valence-corrected chi connectivity index (χ2v) is 4.89. The molecule has 2 rings (SSSR count). The zero-order chi connectivity index (χ0) is 16.8. The van der Waals surface area contributed by atoms with Crippen molar-refractivity contribution in [3.05, 3.63) is 47.5 Å².